The molecule has 0 spiro atoms. The van der Waals surface area contributed by atoms with E-state index in [0.717, 1.165) is 33.6 Å². The van der Waals surface area contributed by atoms with Crippen molar-refractivity contribution in [3.63, 3.8) is 0 Å². The van der Waals surface area contributed by atoms with Gasteiger partial charge in [0.2, 0.25) is 5.91 Å². The molecule has 32 heavy (non-hydrogen) atoms. The van der Waals surface area contributed by atoms with E-state index in [9.17, 15) is 9.59 Å². The SMILES string of the molecule is Cc1ccc(C)c(NC(=O)CSc2nc3ccccc3c(=O)n2-c2c(C)cccc2C)c1. The zero-order chi connectivity index (χ0) is 22.8. The van der Waals surface area contributed by atoms with Gasteiger partial charge in [-0.05, 0) is 68.1 Å². The van der Waals surface area contributed by atoms with Gasteiger partial charge < -0.3 is 5.32 Å². The highest BCUT2D eigenvalue weighted by Crippen LogP contribution is 2.26. The predicted octanol–water partition coefficient (Wildman–Crippen LogP) is 5.35. The molecule has 3 aromatic carbocycles. The van der Waals surface area contributed by atoms with Crippen molar-refractivity contribution >= 4 is 34.3 Å². The Morgan fingerprint density at radius 1 is 0.938 bits per heavy atom. The van der Waals surface area contributed by atoms with Crippen LogP contribution in [0.4, 0.5) is 5.69 Å². The van der Waals surface area contributed by atoms with Crippen molar-refractivity contribution in [2.45, 2.75) is 32.9 Å². The lowest BCUT2D eigenvalue weighted by molar-refractivity contribution is -0.113. The summed E-state index contributed by atoms with van der Waals surface area (Å²) in [5.41, 5.74) is 6.14. The average Bonchev–Trinajstić information content (AvgIpc) is 2.76. The molecule has 0 aliphatic heterocycles. The lowest BCUT2D eigenvalue weighted by Gasteiger charge is -2.17. The number of carbonyl (C=O) groups excluding carboxylic acids is 1. The van der Waals surface area contributed by atoms with E-state index in [-0.39, 0.29) is 17.2 Å². The minimum Gasteiger partial charge on any atom is -0.325 e. The second-order valence-corrected chi connectivity index (χ2v) is 8.89. The number of rotatable bonds is 5. The summed E-state index contributed by atoms with van der Waals surface area (Å²) in [6.45, 7) is 7.91. The summed E-state index contributed by atoms with van der Waals surface area (Å²) in [5.74, 6) is 0.00229. The molecule has 0 saturated heterocycles. The van der Waals surface area contributed by atoms with E-state index < -0.39 is 0 Å². The normalized spacial score (nSPS) is 11.0. The number of amides is 1. The molecule has 0 saturated carbocycles. The Morgan fingerprint density at radius 3 is 2.41 bits per heavy atom. The fourth-order valence-electron chi connectivity index (χ4n) is 3.75. The molecule has 4 aromatic rings. The van der Waals surface area contributed by atoms with Crippen LogP contribution < -0.4 is 10.9 Å². The van der Waals surface area contributed by atoms with E-state index in [1.807, 2.05) is 82.3 Å². The number of fused-ring (bicyclic) bond motifs is 1. The predicted molar refractivity (Wildman–Crippen MR) is 132 cm³/mol. The Balaban J connectivity index is 1.73. The van der Waals surface area contributed by atoms with Gasteiger partial charge in [0.15, 0.2) is 5.16 Å². The summed E-state index contributed by atoms with van der Waals surface area (Å²) in [6.07, 6.45) is 0. The molecule has 0 fully saturated rings. The van der Waals surface area contributed by atoms with Gasteiger partial charge in [-0.25, -0.2) is 4.98 Å². The molecule has 1 amide bonds. The van der Waals surface area contributed by atoms with Gasteiger partial charge in [0, 0.05) is 5.69 Å². The van der Waals surface area contributed by atoms with Crippen molar-refractivity contribution in [1.29, 1.82) is 0 Å². The second kappa shape index (κ2) is 9.01. The fourth-order valence-corrected chi connectivity index (χ4v) is 4.55. The van der Waals surface area contributed by atoms with E-state index in [2.05, 4.69) is 5.32 Å². The molecular weight excluding hydrogens is 418 g/mol. The quantitative estimate of drug-likeness (QED) is 0.334. The van der Waals surface area contributed by atoms with Gasteiger partial charge in [-0.1, -0.05) is 54.2 Å². The number of aryl methyl sites for hydroxylation is 4. The summed E-state index contributed by atoms with van der Waals surface area (Å²) in [4.78, 5) is 31.0. The minimum absolute atomic E-state index is 0.134. The monoisotopic (exact) mass is 443 g/mol. The number of carbonyl (C=O) groups is 1. The maximum absolute atomic E-state index is 13.5. The van der Waals surface area contributed by atoms with Crippen molar-refractivity contribution < 1.29 is 4.79 Å². The van der Waals surface area contributed by atoms with Crippen LogP contribution in [0.1, 0.15) is 22.3 Å². The molecule has 0 atom stereocenters. The van der Waals surface area contributed by atoms with Crippen LogP contribution >= 0.6 is 11.8 Å². The molecule has 1 aromatic heterocycles. The maximum atomic E-state index is 13.5. The summed E-state index contributed by atoms with van der Waals surface area (Å²) in [5, 5.41) is 4.04. The van der Waals surface area contributed by atoms with Crippen LogP contribution in [0.15, 0.2) is 70.6 Å². The number of nitrogens with zero attached hydrogens (tertiary/aromatic N) is 2. The highest BCUT2D eigenvalue weighted by Gasteiger charge is 2.17. The molecule has 1 heterocycles. The lowest BCUT2D eigenvalue weighted by Crippen LogP contribution is -2.24. The van der Waals surface area contributed by atoms with Crippen LogP contribution in [0.25, 0.3) is 16.6 Å². The lowest BCUT2D eigenvalue weighted by atomic mass is 10.1. The van der Waals surface area contributed by atoms with Crippen molar-refractivity contribution in [2.24, 2.45) is 0 Å². The first kappa shape index (κ1) is 21.8. The van der Waals surface area contributed by atoms with Gasteiger partial charge in [0.1, 0.15) is 0 Å². The van der Waals surface area contributed by atoms with Crippen LogP contribution in [-0.4, -0.2) is 21.2 Å². The molecule has 1 N–H and O–H groups in total. The molecule has 0 aliphatic carbocycles. The van der Waals surface area contributed by atoms with Gasteiger partial charge in [-0.3, -0.25) is 14.2 Å². The topological polar surface area (TPSA) is 64.0 Å². The Labute approximate surface area is 191 Å². The third kappa shape index (κ3) is 4.32. The molecule has 4 rings (SSSR count). The van der Waals surface area contributed by atoms with Crippen molar-refractivity contribution in [2.75, 3.05) is 11.1 Å². The van der Waals surface area contributed by atoms with Crippen molar-refractivity contribution in [3.8, 4) is 5.69 Å². The largest absolute Gasteiger partial charge is 0.325 e. The molecule has 5 nitrogen and oxygen atoms in total. The van der Waals surface area contributed by atoms with E-state index >= 15 is 0 Å². The number of thioether (sulfide) groups is 1. The maximum Gasteiger partial charge on any atom is 0.266 e. The van der Waals surface area contributed by atoms with Crippen LogP contribution in [0, 0.1) is 27.7 Å². The van der Waals surface area contributed by atoms with Gasteiger partial charge >= 0.3 is 0 Å². The van der Waals surface area contributed by atoms with Gasteiger partial charge in [-0.15, -0.1) is 0 Å². The summed E-state index contributed by atoms with van der Waals surface area (Å²) in [6, 6.07) is 19.2. The Bertz CT molecular complexity index is 1370. The van der Waals surface area contributed by atoms with E-state index in [0.29, 0.717) is 16.1 Å². The Morgan fingerprint density at radius 2 is 1.66 bits per heavy atom. The highest BCUT2D eigenvalue weighted by atomic mass is 32.2. The van der Waals surface area contributed by atoms with E-state index in [1.54, 1.807) is 10.6 Å². The molecule has 0 bridgehead atoms. The van der Waals surface area contributed by atoms with Crippen LogP contribution in [0.2, 0.25) is 0 Å². The van der Waals surface area contributed by atoms with Crippen LogP contribution in [-0.2, 0) is 4.79 Å². The zero-order valence-electron chi connectivity index (χ0n) is 18.6. The fraction of sp³-hybridized carbons (Fsp3) is 0.192. The molecule has 0 radical (unpaired) electrons. The third-order valence-electron chi connectivity index (χ3n) is 5.41. The Kier molecular flexibility index (Phi) is 6.15. The number of nitrogens with one attached hydrogen (secondary N) is 1. The van der Waals surface area contributed by atoms with E-state index in [4.69, 9.17) is 4.98 Å². The standard InChI is InChI=1S/C26H25N3O2S/c1-16-12-13-17(2)22(14-16)27-23(30)15-32-26-28-21-11-6-5-10-20(21)25(31)29(26)24-18(3)8-7-9-19(24)4/h5-14H,15H2,1-4H3,(H,27,30). The summed E-state index contributed by atoms with van der Waals surface area (Å²) < 4.78 is 1.64. The van der Waals surface area contributed by atoms with Crippen molar-refractivity contribution in [1.82, 2.24) is 9.55 Å². The number of hydrogen-bond acceptors (Lipinski definition) is 4. The molecule has 0 unspecified atom stereocenters. The smallest absolute Gasteiger partial charge is 0.266 e. The first-order chi connectivity index (χ1) is 15.3. The molecule has 162 valence electrons. The van der Waals surface area contributed by atoms with Gasteiger partial charge in [-0.2, -0.15) is 0 Å². The zero-order valence-corrected chi connectivity index (χ0v) is 19.4. The minimum atomic E-state index is -0.140. The van der Waals surface area contributed by atoms with Crippen LogP contribution in [0.3, 0.4) is 0 Å². The number of hydrogen-bond donors (Lipinski definition) is 1. The average molecular weight is 444 g/mol. The third-order valence-corrected chi connectivity index (χ3v) is 6.35. The number of benzene rings is 3. The highest BCUT2D eigenvalue weighted by molar-refractivity contribution is 7.99. The van der Waals surface area contributed by atoms with Crippen molar-refractivity contribution in [3.05, 3.63) is 93.3 Å². The molecule has 6 heteroatoms. The molecule has 0 aliphatic rings. The van der Waals surface area contributed by atoms with Gasteiger partial charge in [0.25, 0.3) is 5.56 Å². The van der Waals surface area contributed by atoms with Crippen LogP contribution in [0.5, 0.6) is 0 Å². The first-order valence-electron chi connectivity index (χ1n) is 10.4. The summed E-state index contributed by atoms with van der Waals surface area (Å²) in [7, 11) is 0. The number of anilines is 1. The summed E-state index contributed by atoms with van der Waals surface area (Å²) >= 11 is 1.27. The first-order valence-corrected chi connectivity index (χ1v) is 11.4. The van der Waals surface area contributed by atoms with E-state index in [1.165, 1.54) is 11.8 Å². The second-order valence-electron chi connectivity index (χ2n) is 7.95. The number of para-hydroxylation sites is 2. The molecular formula is C26H25N3O2S. The van der Waals surface area contributed by atoms with Gasteiger partial charge in [0.05, 0.1) is 22.3 Å². The number of aromatic nitrogens is 2. The Hall–Kier alpha value is -3.38.